The van der Waals surface area contributed by atoms with E-state index >= 15 is 0 Å². The molecule has 0 aliphatic carbocycles. The lowest BCUT2D eigenvalue weighted by molar-refractivity contribution is -0.133. The molecule has 4 nitrogen and oxygen atoms in total. The summed E-state index contributed by atoms with van der Waals surface area (Å²) in [6.07, 6.45) is 1.06. The zero-order chi connectivity index (χ0) is 9.30. The molecule has 1 aliphatic heterocycles. The van der Waals surface area contributed by atoms with Crippen LogP contribution in [-0.2, 0) is 14.3 Å². The lowest BCUT2D eigenvalue weighted by Gasteiger charge is -1.95. The summed E-state index contributed by atoms with van der Waals surface area (Å²) in [5.74, 6) is -2.41. The van der Waals surface area contributed by atoms with Crippen molar-refractivity contribution in [2.45, 2.75) is 0 Å². The fraction of sp³-hybridized carbons (Fsp3) is 0. The van der Waals surface area contributed by atoms with E-state index in [0.717, 1.165) is 6.08 Å². The minimum Gasteiger partial charge on any atom is -0.477 e. The van der Waals surface area contributed by atoms with Crippen LogP contribution < -0.4 is 0 Å². The Kier molecular flexibility index (Phi) is 2.40. The highest BCUT2D eigenvalue weighted by molar-refractivity contribution is 6.44. The molecule has 0 amide bonds. The summed E-state index contributed by atoms with van der Waals surface area (Å²) in [4.78, 5) is 20.8. The van der Waals surface area contributed by atoms with Gasteiger partial charge in [0.25, 0.3) is 0 Å². The normalized spacial score (nSPS) is 20.2. The van der Waals surface area contributed by atoms with Crippen molar-refractivity contribution in [1.29, 1.82) is 0 Å². The number of allylic oxidation sites excluding steroid dienone is 1. The molecular weight excluding hydrogens is 207 g/mol. The Balaban J connectivity index is 3.03. The number of halogens is 2. The van der Waals surface area contributed by atoms with Crippen LogP contribution in [0, 0.1) is 0 Å². The smallest absolute Gasteiger partial charge is 0.355 e. The molecule has 1 rings (SSSR count). The van der Waals surface area contributed by atoms with E-state index < -0.39 is 17.0 Å². The quantitative estimate of drug-likeness (QED) is 0.520. The second-order valence-corrected chi connectivity index (χ2v) is 2.65. The van der Waals surface area contributed by atoms with Gasteiger partial charge >= 0.3 is 11.9 Å². The van der Waals surface area contributed by atoms with Crippen molar-refractivity contribution >= 4 is 35.1 Å². The van der Waals surface area contributed by atoms with E-state index in [4.69, 9.17) is 28.3 Å². The number of aliphatic carboxylic acids is 1. The van der Waals surface area contributed by atoms with Crippen LogP contribution in [0.3, 0.4) is 0 Å². The first kappa shape index (κ1) is 9.09. The number of carbonyl (C=O) groups is 2. The zero-order valence-electron chi connectivity index (χ0n) is 5.51. The van der Waals surface area contributed by atoms with Crippen molar-refractivity contribution in [3.8, 4) is 0 Å². The Hall–Kier alpha value is -1.00. The van der Waals surface area contributed by atoms with Crippen molar-refractivity contribution in [2.24, 2.45) is 0 Å². The number of carboxylic acids is 1. The Morgan fingerprint density at radius 1 is 1.58 bits per heavy atom. The van der Waals surface area contributed by atoms with E-state index in [1.807, 2.05) is 0 Å². The lowest BCUT2D eigenvalue weighted by atomic mass is 10.4. The van der Waals surface area contributed by atoms with Crippen LogP contribution in [-0.4, -0.2) is 17.0 Å². The number of cyclic esters (lactones) is 1. The van der Waals surface area contributed by atoms with E-state index in [2.05, 4.69) is 4.74 Å². The standard InChI is InChI=1S/C6H2Cl2O4/c7-2-1-3(12-6(2)11)4(8)5(9)10/h1H,(H,9,10)/b4-3+. The number of carboxylic acid groups (broad SMARTS) is 1. The second-order valence-electron chi connectivity index (χ2n) is 1.87. The number of hydrogen-bond acceptors (Lipinski definition) is 3. The van der Waals surface area contributed by atoms with Crippen LogP contribution >= 0.6 is 23.2 Å². The molecular formula is C6H2Cl2O4. The van der Waals surface area contributed by atoms with Crippen molar-refractivity contribution < 1.29 is 19.4 Å². The van der Waals surface area contributed by atoms with Gasteiger partial charge in [0.05, 0.1) is 0 Å². The van der Waals surface area contributed by atoms with E-state index in [-0.39, 0.29) is 10.8 Å². The first-order valence-electron chi connectivity index (χ1n) is 2.75. The van der Waals surface area contributed by atoms with Gasteiger partial charge in [-0.1, -0.05) is 23.2 Å². The molecule has 0 unspecified atom stereocenters. The Morgan fingerprint density at radius 3 is 2.50 bits per heavy atom. The molecule has 6 heteroatoms. The van der Waals surface area contributed by atoms with E-state index in [1.165, 1.54) is 0 Å². The number of esters is 1. The highest BCUT2D eigenvalue weighted by Crippen LogP contribution is 2.24. The first-order chi connectivity index (χ1) is 5.52. The SMILES string of the molecule is O=C1O/C(=C(/Cl)C(=O)O)C=C1Cl. The molecule has 0 saturated heterocycles. The molecule has 1 aliphatic rings. The van der Waals surface area contributed by atoms with Crippen molar-refractivity contribution in [1.82, 2.24) is 0 Å². The van der Waals surface area contributed by atoms with Gasteiger partial charge < -0.3 is 9.84 Å². The summed E-state index contributed by atoms with van der Waals surface area (Å²) >= 11 is 10.6. The zero-order valence-corrected chi connectivity index (χ0v) is 7.02. The average Bonchev–Trinajstić information content (AvgIpc) is 2.30. The Morgan fingerprint density at radius 2 is 2.17 bits per heavy atom. The summed E-state index contributed by atoms with van der Waals surface area (Å²) in [7, 11) is 0. The highest BCUT2D eigenvalue weighted by Gasteiger charge is 2.24. The maximum absolute atomic E-state index is 10.6. The van der Waals surface area contributed by atoms with E-state index in [0.29, 0.717) is 0 Å². The van der Waals surface area contributed by atoms with Gasteiger partial charge in [-0.25, -0.2) is 9.59 Å². The molecule has 0 aromatic heterocycles. The molecule has 0 bridgehead atoms. The Bertz CT molecular complexity index is 316. The summed E-state index contributed by atoms with van der Waals surface area (Å²) in [5, 5.41) is 7.60. The van der Waals surface area contributed by atoms with E-state index in [9.17, 15) is 9.59 Å². The third-order valence-electron chi connectivity index (χ3n) is 1.06. The van der Waals surface area contributed by atoms with Crippen LogP contribution in [0.15, 0.2) is 21.9 Å². The first-order valence-corrected chi connectivity index (χ1v) is 3.50. The van der Waals surface area contributed by atoms with Crippen molar-refractivity contribution in [3.63, 3.8) is 0 Å². The van der Waals surface area contributed by atoms with Gasteiger partial charge in [-0.05, 0) is 0 Å². The largest absolute Gasteiger partial charge is 0.477 e. The molecule has 0 radical (unpaired) electrons. The summed E-state index contributed by atoms with van der Waals surface area (Å²) < 4.78 is 4.40. The van der Waals surface area contributed by atoms with Crippen LogP contribution in [0.2, 0.25) is 0 Å². The molecule has 0 aromatic rings. The summed E-state index contributed by atoms with van der Waals surface area (Å²) in [5.41, 5.74) is 0. The lowest BCUT2D eigenvalue weighted by Crippen LogP contribution is -2.00. The Labute approximate surface area is 77.0 Å². The second kappa shape index (κ2) is 3.16. The maximum atomic E-state index is 10.6. The van der Waals surface area contributed by atoms with Crippen molar-refractivity contribution in [3.05, 3.63) is 21.9 Å². The molecule has 0 saturated carbocycles. The maximum Gasteiger partial charge on any atom is 0.355 e. The van der Waals surface area contributed by atoms with Gasteiger partial charge in [0.2, 0.25) is 0 Å². The van der Waals surface area contributed by atoms with Gasteiger partial charge in [0, 0.05) is 6.08 Å². The van der Waals surface area contributed by atoms with Gasteiger partial charge in [-0.15, -0.1) is 0 Å². The molecule has 0 aromatic carbocycles. The van der Waals surface area contributed by atoms with Gasteiger partial charge in [-0.3, -0.25) is 0 Å². The van der Waals surface area contributed by atoms with Crippen LogP contribution in [0.4, 0.5) is 0 Å². The minimum atomic E-state index is -1.37. The molecule has 0 spiro atoms. The average molecular weight is 209 g/mol. The highest BCUT2D eigenvalue weighted by atomic mass is 35.5. The molecule has 64 valence electrons. The fourth-order valence-corrected chi connectivity index (χ4v) is 0.796. The van der Waals surface area contributed by atoms with Gasteiger partial charge in [0.1, 0.15) is 5.03 Å². The molecule has 1 N–H and O–H groups in total. The monoisotopic (exact) mass is 208 g/mol. The van der Waals surface area contributed by atoms with Crippen LogP contribution in [0.1, 0.15) is 0 Å². The summed E-state index contributed by atoms with van der Waals surface area (Å²) in [6, 6.07) is 0. The molecule has 0 fully saturated rings. The predicted octanol–water partition coefficient (Wildman–Crippen LogP) is 1.20. The number of ether oxygens (including phenoxy) is 1. The van der Waals surface area contributed by atoms with Gasteiger partial charge in [-0.2, -0.15) is 0 Å². The summed E-state index contributed by atoms with van der Waals surface area (Å²) in [6.45, 7) is 0. The number of rotatable bonds is 1. The third kappa shape index (κ3) is 1.60. The predicted molar refractivity (Wildman–Crippen MR) is 40.5 cm³/mol. The number of hydrogen-bond donors (Lipinski definition) is 1. The molecule has 0 atom stereocenters. The van der Waals surface area contributed by atoms with Crippen LogP contribution in [0.25, 0.3) is 0 Å². The molecule has 12 heavy (non-hydrogen) atoms. The third-order valence-corrected chi connectivity index (χ3v) is 1.67. The topological polar surface area (TPSA) is 63.6 Å². The van der Waals surface area contributed by atoms with Crippen molar-refractivity contribution in [2.75, 3.05) is 0 Å². The van der Waals surface area contributed by atoms with E-state index in [1.54, 1.807) is 0 Å². The van der Waals surface area contributed by atoms with Gasteiger partial charge in [0.15, 0.2) is 10.8 Å². The fourth-order valence-electron chi connectivity index (χ4n) is 0.566. The minimum absolute atomic E-state index is 0.190. The number of carbonyl (C=O) groups excluding carboxylic acids is 1. The van der Waals surface area contributed by atoms with Crippen LogP contribution in [0.5, 0.6) is 0 Å². The molecule has 1 heterocycles.